The Morgan fingerprint density at radius 1 is 1.27 bits per heavy atom. The van der Waals surface area contributed by atoms with Crippen LogP contribution in [0.4, 0.5) is 0 Å². The smallest absolute Gasteiger partial charge is 0.312 e. The summed E-state index contributed by atoms with van der Waals surface area (Å²) in [6, 6.07) is 1.53. The Labute approximate surface area is 152 Å². The van der Waals surface area contributed by atoms with Crippen molar-refractivity contribution in [3.63, 3.8) is 0 Å². The molecule has 140 valence electrons. The highest BCUT2D eigenvalue weighted by Crippen LogP contribution is 2.43. The van der Waals surface area contributed by atoms with Gasteiger partial charge in [0, 0.05) is 32.3 Å². The largest absolute Gasteiger partial charge is 0.505 e. The summed E-state index contributed by atoms with van der Waals surface area (Å²) in [5.74, 6) is -0.413. The number of aromatic hydroxyl groups is 1. The van der Waals surface area contributed by atoms with Crippen LogP contribution in [-0.2, 0) is 9.53 Å². The van der Waals surface area contributed by atoms with Gasteiger partial charge in [-0.1, -0.05) is 0 Å². The number of aromatic nitrogens is 1. The minimum Gasteiger partial charge on any atom is -0.505 e. The van der Waals surface area contributed by atoms with Gasteiger partial charge in [0.05, 0.1) is 17.2 Å². The Morgan fingerprint density at radius 2 is 2.00 bits per heavy atom. The van der Waals surface area contributed by atoms with Crippen molar-refractivity contribution in [1.29, 1.82) is 0 Å². The number of carbonyl (C=O) groups is 2. The maximum absolute atomic E-state index is 12.6. The van der Waals surface area contributed by atoms with Crippen LogP contribution in [0.2, 0.25) is 0 Å². The Kier molecular flexibility index (Phi) is 4.56. The molecule has 3 aliphatic rings. The average molecular weight is 359 g/mol. The third-order valence-electron chi connectivity index (χ3n) is 6.02. The lowest BCUT2D eigenvalue weighted by atomic mass is 9.76. The zero-order valence-electron chi connectivity index (χ0n) is 14.9. The fourth-order valence-corrected chi connectivity index (χ4v) is 4.48. The van der Waals surface area contributed by atoms with Gasteiger partial charge in [-0.05, 0) is 44.8 Å². The molecule has 7 heteroatoms. The molecule has 1 unspecified atom stereocenters. The Balaban J connectivity index is 1.37. The topological polar surface area (TPSA) is 83.0 Å². The van der Waals surface area contributed by atoms with Crippen molar-refractivity contribution in [2.24, 2.45) is 5.41 Å². The summed E-state index contributed by atoms with van der Waals surface area (Å²) >= 11 is 0. The van der Waals surface area contributed by atoms with Crippen molar-refractivity contribution < 1.29 is 19.4 Å². The van der Waals surface area contributed by atoms with E-state index in [2.05, 4.69) is 9.88 Å². The Hall–Kier alpha value is -2.15. The molecule has 1 atom stereocenters. The van der Waals surface area contributed by atoms with Crippen molar-refractivity contribution in [3.8, 4) is 5.75 Å². The number of hydrogen-bond donors (Lipinski definition) is 1. The van der Waals surface area contributed by atoms with Crippen molar-refractivity contribution in [2.75, 3.05) is 32.7 Å². The molecule has 0 aliphatic carbocycles. The fourth-order valence-electron chi connectivity index (χ4n) is 4.48. The van der Waals surface area contributed by atoms with Crippen LogP contribution in [0.15, 0.2) is 18.5 Å². The number of cyclic esters (lactones) is 1. The lowest BCUT2D eigenvalue weighted by molar-refractivity contribution is -0.150. The van der Waals surface area contributed by atoms with Crippen LogP contribution in [0.3, 0.4) is 0 Å². The van der Waals surface area contributed by atoms with Gasteiger partial charge in [-0.2, -0.15) is 0 Å². The Bertz CT molecular complexity index is 694. The normalized spacial score (nSPS) is 25.6. The number of esters is 1. The van der Waals surface area contributed by atoms with Gasteiger partial charge in [0.2, 0.25) is 0 Å². The van der Waals surface area contributed by atoms with Gasteiger partial charge in [0.1, 0.15) is 11.9 Å². The molecule has 3 fully saturated rings. The Morgan fingerprint density at radius 3 is 2.69 bits per heavy atom. The highest BCUT2D eigenvalue weighted by atomic mass is 16.6. The van der Waals surface area contributed by atoms with Crippen LogP contribution in [0, 0.1) is 5.41 Å². The van der Waals surface area contributed by atoms with E-state index in [0.717, 1.165) is 26.1 Å². The van der Waals surface area contributed by atoms with Crippen molar-refractivity contribution in [3.05, 3.63) is 24.0 Å². The van der Waals surface area contributed by atoms with Crippen molar-refractivity contribution in [2.45, 2.75) is 38.2 Å². The number of rotatable bonds is 3. The van der Waals surface area contributed by atoms with Crippen LogP contribution in [0.1, 0.15) is 42.5 Å². The van der Waals surface area contributed by atoms with E-state index in [9.17, 15) is 14.7 Å². The summed E-state index contributed by atoms with van der Waals surface area (Å²) in [4.78, 5) is 33.0. The number of pyridine rings is 1. The zero-order valence-corrected chi connectivity index (χ0v) is 14.9. The van der Waals surface area contributed by atoms with Crippen LogP contribution in [0.5, 0.6) is 5.75 Å². The maximum atomic E-state index is 12.6. The van der Waals surface area contributed by atoms with Crippen molar-refractivity contribution in [1.82, 2.24) is 14.8 Å². The second-order valence-corrected chi connectivity index (χ2v) is 7.70. The first-order valence-electron chi connectivity index (χ1n) is 9.43. The van der Waals surface area contributed by atoms with Crippen LogP contribution >= 0.6 is 0 Å². The highest BCUT2D eigenvalue weighted by Gasteiger charge is 2.51. The maximum Gasteiger partial charge on any atom is 0.312 e. The summed E-state index contributed by atoms with van der Waals surface area (Å²) in [6.45, 7) is 4.04. The van der Waals surface area contributed by atoms with Crippen molar-refractivity contribution >= 4 is 11.9 Å². The lowest BCUT2D eigenvalue weighted by Crippen LogP contribution is -2.45. The SMILES string of the molecule is O=C(c1ccncc1O)N1CCC2(CC1)CC(CN1CCCC1)OC2=O. The summed E-state index contributed by atoms with van der Waals surface area (Å²) in [7, 11) is 0. The zero-order chi connectivity index (χ0) is 18.1. The molecule has 0 saturated carbocycles. The molecule has 1 N–H and O–H groups in total. The van der Waals surface area contributed by atoms with Gasteiger partial charge in [0.15, 0.2) is 0 Å². The minimum atomic E-state index is -0.443. The molecule has 1 aromatic heterocycles. The van der Waals surface area contributed by atoms with E-state index in [1.807, 2.05) is 0 Å². The van der Waals surface area contributed by atoms with Gasteiger partial charge in [0.25, 0.3) is 5.91 Å². The molecule has 0 radical (unpaired) electrons. The van der Waals surface area contributed by atoms with Gasteiger partial charge in [-0.15, -0.1) is 0 Å². The van der Waals surface area contributed by atoms with E-state index >= 15 is 0 Å². The molecule has 1 aromatic rings. The summed E-state index contributed by atoms with van der Waals surface area (Å²) < 4.78 is 5.68. The highest BCUT2D eigenvalue weighted by molar-refractivity contribution is 5.96. The first kappa shape index (κ1) is 17.3. The number of nitrogens with zero attached hydrogens (tertiary/aromatic N) is 3. The van der Waals surface area contributed by atoms with Gasteiger partial charge < -0.3 is 14.7 Å². The second-order valence-electron chi connectivity index (χ2n) is 7.70. The molecule has 0 bridgehead atoms. The van der Waals surface area contributed by atoms with E-state index in [1.165, 1.54) is 31.3 Å². The number of likely N-dealkylation sites (tertiary alicyclic amines) is 2. The molecular formula is C19H25N3O4. The number of amides is 1. The van der Waals surface area contributed by atoms with E-state index < -0.39 is 5.41 Å². The molecule has 7 nitrogen and oxygen atoms in total. The molecule has 0 aromatic carbocycles. The summed E-state index contributed by atoms with van der Waals surface area (Å²) in [6.07, 6.45) is 7.21. The molecule has 3 saturated heterocycles. The second kappa shape index (κ2) is 6.87. The van der Waals surface area contributed by atoms with Crippen LogP contribution < -0.4 is 0 Å². The summed E-state index contributed by atoms with van der Waals surface area (Å²) in [5.41, 5.74) is -0.182. The molecule has 4 rings (SSSR count). The van der Waals surface area contributed by atoms with E-state index in [4.69, 9.17) is 4.74 Å². The minimum absolute atomic E-state index is 0.0212. The number of hydrogen-bond acceptors (Lipinski definition) is 6. The average Bonchev–Trinajstić information content (AvgIpc) is 3.24. The number of ether oxygens (including phenoxy) is 1. The summed E-state index contributed by atoms with van der Waals surface area (Å²) in [5, 5.41) is 9.84. The van der Waals surface area contributed by atoms with Gasteiger partial charge >= 0.3 is 5.97 Å². The molecule has 3 aliphatic heterocycles. The first-order valence-corrected chi connectivity index (χ1v) is 9.43. The molecule has 1 amide bonds. The van der Waals surface area contributed by atoms with Crippen LogP contribution in [-0.4, -0.2) is 70.6 Å². The quantitative estimate of drug-likeness (QED) is 0.822. The van der Waals surface area contributed by atoms with Gasteiger partial charge in [-0.3, -0.25) is 19.5 Å². The lowest BCUT2D eigenvalue weighted by Gasteiger charge is -2.36. The number of piperidine rings is 1. The van der Waals surface area contributed by atoms with Gasteiger partial charge in [-0.25, -0.2) is 0 Å². The molecule has 4 heterocycles. The molecular weight excluding hydrogens is 334 g/mol. The predicted molar refractivity (Wildman–Crippen MR) is 93.6 cm³/mol. The van der Waals surface area contributed by atoms with E-state index in [-0.39, 0.29) is 29.3 Å². The fraction of sp³-hybridized carbons (Fsp3) is 0.632. The van der Waals surface area contributed by atoms with E-state index in [0.29, 0.717) is 25.9 Å². The standard InChI is InChI=1S/C19H25N3O4/c23-16-12-20-6-3-15(16)17(24)22-9-4-19(5-10-22)11-14(26-18(19)25)13-21-7-1-2-8-21/h3,6,12,14,23H,1-2,4-5,7-11,13H2. The predicted octanol–water partition coefficient (Wildman–Crippen LogP) is 1.42. The molecule has 1 spiro atoms. The van der Waals surface area contributed by atoms with Crippen LogP contribution in [0.25, 0.3) is 0 Å². The third kappa shape index (κ3) is 3.16. The monoisotopic (exact) mass is 359 g/mol. The number of carbonyl (C=O) groups excluding carboxylic acids is 2. The van der Waals surface area contributed by atoms with E-state index in [1.54, 1.807) is 4.90 Å². The molecule has 26 heavy (non-hydrogen) atoms. The first-order chi connectivity index (χ1) is 12.6. The third-order valence-corrected chi connectivity index (χ3v) is 6.02.